The maximum Gasteiger partial charge on any atom is 0.252 e. The summed E-state index contributed by atoms with van der Waals surface area (Å²) in [5.74, 6) is 0. The average Bonchev–Trinajstić information content (AvgIpc) is 2.57. The van der Waals surface area contributed by atoms with E-state index >= 15 is 0 Å². The maximum absolute atomic E-state index is 3.90. The third kappa shape index (κ3) is 3.73. The second-order valence-electron chi connectivity index (χ2n) is 5.15. The van der Waals surface area contributed by atoms with Gasteiger partial charge in [0.2, 0.25) is 0 Å². The van der Waals surface area contributed by atoms with Gasteiger partial charge in [0.1, 0.15) is 15.9 Å². The van der Waals surface area contributed by atoms with Gasteiger partial charge in [0, 0.05) is 0 Å². The van der Waals surface area contributed by atoms with E-state index < -0.39 is 9.15 Å². The van der Waals surface area contributed by atoms with E-state index in [1.807, 2.05) is 0 Å². The van der Waals surface area contributed by atoms with Crippen molar-refractivity contribution in [2.75, 3.05) is 0 Å². The lowest BCUT2D eigenvalue weighted by molar-refractivity contribution is -0.00000406. The lowest BCUT2D eigenvalue weighted by Crippen LogP contribution is -3.00. The van der Waals surface area contributed by atoms with Gasteiger partial charge in [-0.05, 0) is 84.2 Å². The molecule has 0 fully saturated rings. The zero-order valence-corrected chi connectivity index (χ0v) is 19.9. The van der Waals surface area contributed by atoms with Crippen molar-refractivity contribution in [2.45, 2.75) is 1.88 Å². The van der Waals surface area contributed by atoms with Crippen LogP contribution in [0, 0.1) is 0 Å². The molecule has 0 saturated heterocycles. The Bertz CT molecular complexity index is 659. The van der Waals surface area contributed by atoms with Gasteiger partial charge in [-0.3, -0.25) is 0 Å². The Labute approximate surface area is 179 Å². The van der Waals surface area contributed by atoms with Gasteiger partial charge in [0.05, 0.1) is 0 Å². The fourth-order valence-corrected chi connectivity index (χ4v) is 12.0. The largest absolute Gasteiger partial charge is 1.00 e. The summed E-state index contributed by atoms with van der Waals surface area (Å²) in [7, 11) is -1.99. The highest BCUT2D eigenvalue weighted by molar-refractivity contribution is 9.42. The molecule has 0 nitrogen and oxygen atoms in total. The molecule has 3 aromatic carbocycles. The topological polar surface area (TPSA) is 0 Å². The smallest absolute Gasteiger partial charge is 0.252 e. The summed E-state index contributed by atoms with van der Waals surface area (Å²) in [5, 5.41) is 3.93. The van der Waals surface area contributed by atoms with E-state index in [9.17, 15) is 0 Å². The first-order valence-electron chi connectivity index (χ1n) is 7.19. The van der Waals surface area contributed by atoms with Crippen molar-refractivity contribution in [3.05, 3.63) is 91.0 Å². The molecule has 0 heterocycles. The van der Waals surface area contributed by atoms with Crippen LogP contribution in [0.2, 0.25) is 0 Å². The van der Waals surface area contributed by atoms with Crippen LogP contribution in [0.3, 0.4) is 0 Å². The van der Waals surface area contributed by atoms with E-state index in [1.165, 1.54) is 15.9 Å². The molecule has 24 heavy (non-hydrogen) atoms. The van der Waals surface area contributed by atoms with Gasteiger partial charge in [-0.1, -0.05) is 54.6 Å². The number of rotatable bonds is 3. The standard InChI is InChI=1S/C19H15Br3P.BrH/c20-19(21,22)23(16-10-4-1-5-11-16,17-12-6-2-7-13-17)18-14-8-3-9-15-18;/h1-15H;1H/q+1;/p-1. The minimum absolute atomic E-state index is 0. The molecule has 124 valence electrons. The van der Waals surface area contributed by atoms with Crippen molar-refractivity contribution in [3.8, 4) is 0 Å². The molecule has 0 saturated carbocycles. The predicted octanol–water partition coefficient (Wildman–Crippen LogP) is 2.78. The summed E-state index contributed by atoms with van der Waals surface area (Å²) in [6.07, 6.45) is 0. The number of hydrogen-bond donors (Lipinski definition) is 0. The molecular formula is C19H15Br4P. The number of alkyl halides is 3. The minimum atomic E-state index is -1.99. The van der Waals surface area contributed by atoms with Crippen molar-refractivity contribution in [1.82, 2.24) is 0 Å². The Morgan fingerprint density at radius 2 is 0.750 bits per heavy atom. The molecule has 0 atom stereocenters. The van der Waals surface area contributed by atoms with Gasteiger partial charge in [-0.25, -0.2) is 0 Å². The Morgan fingerprint density at radius 3 is 0.958 bits per heavy atom. The van der Waals surface area contributed by atoms with Crippen LogP contribution in [-0.2, 0) is 0 Å². The van der Waals surface area contributed by atoms with Crippen LogP contribution in [0.15, 0.2) is 91.0 Å². The van der Waals surface area contributed by atoms with Crippen LogP contribution < -0.4 is 32.9 Å². The summed E-state index contributed by atoms with van der Waals surface area (Å²) >= 11 is 11.7. The summed E-state index contributed by atoms with van der Waals surface area (Å²) in [6.45, 7) is 0. The lowest BCUT2D eigenvalue weighted by atomic mass is 10.4. The highest BCUT2D eigenvalue weighted by atomic mass is 80.0. The van der Waals surface area contributed by atoms with Gasteiger partial charge in [0.15, 0.2) is 7.26 Å². The van der Waals surface area contributed by atoms with Crippen LogP contribution in [0.5, 0.6) is 0 Å². The second-order valence-corrected chi connectivity index (χ2v) is 17.3. The van der Waals surface area contributed by atoms with Gasteiger partial charge < -0.3 is 17.0 Å². The Hall–Kier alpha value is 0.0100. The van der Waals surface area contributed by atoms with E-state index in [2.05, 4.69) is 139 Å². The zero-order valence-electron chi connectivity index (χ0n) is 12.6. The molecule has 0 radical (unpaired) electrons. The van der Waals surface area contributed by atoms with E-state index in [-0.39, 0.29) is 17.0 Å². The van der Waals surface area contributed by atoms with Gasteiger partial charge in [-0.2, -0.15) is 0 Å². The normalized spacial score (nSPS) is 11.6. The van der Waals surface area contributed by atoms with Gasteiger partial charge in [0.25, 0.3) is 1.88 Å². The molecule has 0 amide bonds. The molecule has 0 aliphatic carbocycles. The summed E-state index contributed by atoms with van der Waals surface area (Å²) in [4.78, 5) is 0. The summed E-state index contributed by atoms with van der Waals surface area (Å²) < 4.78 is -0.427. The maximum atomic E-state index is 3.90. The molecule has 0 unspecified atom stereocenters. The van der Waals surface area contributed by atoms with Crippen LogP contribution in [-0.4, -0.2) is 1.88 Å². The molecule has 5 heteroatoms. The van der Waals surface area contributed by atoms with E-state index in [4.69, 9.17) is 0 Å². The number of benzene rings is 3. The quantitative estimate of drug-likeness (QED) is 0.324. The fourth-order valence-electron chi connectivity index (χ4n) is 2.84. The number of hydrogen-bond acceptors (Lipinski definition) is 0. The van der Waals surface area contributed by atoms with E-state index in [0.717, 1.165) is 0 Å². The van der Waals surface area contributed by atoms with Crippen molar-refractivity contribution >= 4 is 71.0 Å². The average molecular weight is 594 g/mol. The van der Waals surface area contributed by atoms with Crippen molar-refractivity contribution in [3.63, 3.8) is 0 Å². The zero-order chi connectivity index (χ0) is 16.3. The van der Waals surface area contributed by atoms with Crippen molar-refractivity contribution in [1.29, 1.82) is 0 Å². The van der Waals surface area contributed by atoms with E-state index in [1.54, 1.807) is 0 Å². The predicted molar refractivity (Wildman–Crippen MR) is 115 cm³/mol. The highest BCUT2D eigenvalue weighted by Crippen LogP contribution is 2.74. The molecule has 0 aromatic heterocycles. The first-order chi connectivity index (χ1) is 11.1. The van der Waals surface area contributed by atoms with Crippen LogP contribution in [0.25, 0.3) is 0 Å². The first-order valence-corrected chi connectivity index (χ1v) is 11.4. The van der Waals surface area contributed by atoms with Crippen LogP contribution >= 0.6 is 55.1 Å². The van der Waals surface area contributed by atoms with Crippen LogP contribution in [0.4, 0.5) is 0 Å². The van der Waals surface area contributed by atoms with E-state index in [0.29, 0.717) is 0 Å². The molecule has 0 aliphatic heterocycles. The Morgan fingerprint density at radius 1 is 0.500 bits per heavy atom. The second kappa shape index (κ2) is 8.60. The number of halogens is 4. The monoisotopic (exact) mass is 590 g/mol. The SMILES string of the molecule is BrC(Br)(Br)[P+](c1ccccc1)(c1ccccc1)c1ccccc1.[Br-]. The third-order valence-corrected chi connectivity index (χ3v) is 12.6. The molecule has 3 aromatic rings. The highest BCUT2D eigenvalue weighted by Gasteiger charge is 2.59. The fraction of sp³-hybridized carbons (Fsp3) is 0.0526. The Balaban J connectivity index is 0.00000208. The van der Waals surface area contributed by atoms with Crippen molar-refractivity contribution < 1.29 is 17.0 Å². The summed E-state index contributed by atoms with van der Waals surface area (Å²) in [6, 6.07) is 32.1. The lowest BCUT2D eigenvalue weighted by Gasteiger charge is -2.33. The molecule has 0 N–H and O–H groups in total. The molecule has 0 spiro atoms. The molecule has 3 rings (SSSR count). The van der Waals surface area contributed by atoms with Gasteiger partial charge >= 0.3 is 0 Å². The molecular weight excluding hydrogens is 579 g/mol. The van der Waals surface area contributed by atoms with Gasteiger partial charge in [-0.15, -0.1) is 0 Å². The molecule has 0 bridgehead atoms. The van der Waals surface area contributed by atoms with Crippen LogP contribution in [0.1, 0.15) is 0 Å². The van der Waals surface area contributed by atoms with Crippen molar-refractivity contribution in [2.24, 2.45) is 0 Å². The Kier molecular flexibility index (Phi) is 7.28. The summed E-state index contributed by atoms with van der Waals surface area (Å²) in [5.41, 5.74) is 0. The first kappa shape index (κ1) is 20.3. The molecule has 0 aliphatic rings. The third-order valence-electron chi connectivity index (χ3n) is 3.81. The minimum Gasteiger partial charge on any atom is -1.00 e.